The number of nitrogens with one attached hydrogen (secondary N) is 2. The van der Waals surface area contributed by atoms with Gasteiger partial charge in [0.25, 0.3) is 0 Å². The van der Waals surface area contributed by atoms with Crippen LogP contribution in [0.2, 0.25) is 0 Å². The maximum absolute atomic E-state index is 14.2. The molecule has 7 heteroatoms. The highest BCUT2D eigenvalue weighted by molar-refractivity contribution is 5.80. The van der Waals surface area contributed by atoms with Gasteiger partial charge in [0.15, 0.2) is 17.5 Å². The maximum atomic E-state index is 14.2. The lowest BCUT2D eigenvalue weighted by molar-refractivity contribution is 0.339. The van der Waals surface area contributed by atoms with Crippen molar-refractivity contribution in [2.45, 2.75) is 31.7 Å². The van der Waals surface area contributed by atoms with Gasteiger partial charge in [-0.3, -0.25) is 0 Å². The monoisotopic (exact) mass is 401 g/mol. The van der Waals surface area contributed by atoms with E-state index >= 15 is 0 Å². The SMILES string of the molecule is CCNC(=NCc1cc(OC)c(O)c(OC)c1)NCC1(c2ccccc2F)CC1. The van der Waals surface area contributed by atoms with Gasteiger partial charge in [-0.15, -0.1) is 0 Å². The van der Waals surface area contributed by atoms with Gasteiger partial charge >= 0.3 is 0 Å². The van der Waals surface area contributed by atoms with Crippen molar-refractivity contribution in [2.24, 2.45) is 4.99 Å². The zero-order valence-electron chi connectivity index (χ0n) is 17.1. The Morgan fingerprint density at radius 3 is 2.34 bits per heavy atom. The molecule has 3 rings (SSSR count). The highest BCUT2D eigenvalue weighted by Crippen LogP contribution is 2.48. The molecule has 2 aromatic rings. The molecule has 1 aliphatic rings. The Labute approximate surface area is 170 Å². The molecule has 0 saturated heterocycles. The van der Waals surface area contributed by atoms with Crippen molar-refractivity contribution in [2.75, 3.05) is 27.3 Å². The van der Waals surface area contributed by atoms with Gasteiger partial charge in [-0.2, -0.15) is 0 Å². The number of benzene rings is 2. The second-order valence-electron chi connectivity index (χ2n) is 7.16. The predicted octanol–water partition coefficient (Wildman–Crippen LogP) is 3.34. The van der Waals surface area contributed by atoms with E-state index in [1.807, 2.05) is 19.1 Å². The summed E-state index contributed by atoms with van der Waals surface area (Å²) in [5.41, 5.74) is 1.42. The topological polar surface area (TPSA) is 75.1 Å². The number of rotatable bonds is 8. The average Bonchev–Trinajstić information content (AvgIpc) is 3.52. The smallest absolute Gasteiger partial charge is 0.200 e. The first-order chi connectivity index (χ1) is 14.0. The molecule has 0 amide bonds. The zero-order valence-corrected chi connectivity index (χ0v) is 17.1. The van der Waals surface area contributed by atoms with Crippen molar-refractivity contribution < 1.29 is 19.0 Å². The van der Waals surface area contributed by atoms with Crippen molar-refractivity contribution in [3.05, 3.63) is 53.3 Å². The van der Waals surface area contributed by atoms with E-state index in [0.29, 0.717) is 37.1 Å². The van der Waals surface area contributed by atoms with Crippen molar-refractivity contribution in [3.8, 4) is 17.2 Å². The fourth-order valence-electron chi connectivity index (χ4n) is 3.39. The quantitative estimate of drug-likeness (QED) is 0.467. The van der Waals surface area contributed by atoms with Crippen LogP contribution in [-0.4, -0.2) is 38.4 Å². The van der Waals surface area contributed by atoms with Gasteiger partial charge in [-0.05, 0) is 49.1 Å². The van der Waals surface area contributed by atoms with Crippen LogP contribution >= 0.6 is 0 Å². The standard InChI is InChI=1S/C22H28FN3O3/c1-4-24-21(25-13-15-11-18(28-2)20(27)19(12-15)29-3)26-14-22(9-10-22)16-7-5-6-8-17(16)23/h5-8,11-12,27H,4,9-10,13-14H2,1-3H3,(H2,24,25,26). The molecule has 6 nitrogen and oxygen atoms in total. The summed E-state index contributed by atoms with van der Waals surface area (Å²) in [6, 6.07) is 10.4. The minimum atomic E-state index is -0.174. The summed E-state index contributed by atoms with van der Waals surface area (Å²) in [5, 5.41) is 16.6. The molecule has 156 valence electrons. The first kappa shape index (κ1) is 20.8. The molecule has 0 unspecified atom stereocenters. The summed E-state index contributed by atoms with van der Waals surface area (Å²) in [5.74, 6) is 1.14. The van der Waals surface area contributed by atoms with E-state index in [0.717, 1.165) is 24.0 Å². The molecule has 1 aliphatic carbocycles. The number of phenolic OH excluding ortho intramolecular Hbond substituents is 1. The van der Waals surface area contributed by atoms with Gasteiger partial charge in [-0.25, -0.2) is 9.38 Å². The Hall–Kier alpha value is -2.96. The van der Waals surface area contributed by atoms with Crippen LogP contribution in [-0.2, 0) is 12.0 Å². The van der Waals surface area contributed by atoms with Crippen LogP contribution < -0.4 is 20.1 Å². The lowest BCUT2D eigenvalue weighted by Gasteiger charge is -2.19. The molecular weight excluding hydrogens is 373 g/mol. The normalized spacial score (nSPS) is 15.0. The van der Waals surface area contributed by atoms with Crippen LogP contribution in [0.4, 0.5) is 4.39 Å². The predicted molar refractivity (Wildman–Crippen MR) is 111 cm³/mol. The number of aromatic hydroxyl groups is 1. The van der Waals surface area contributed by atoms with Crippen molar-refractivity contribution in [1.82, 2.24) is 10.6 Å². The number of guanidine groups is 1. The Balaban J connectivity index is 1.72. The third-order valence-electron chi connectivity index (χ3n) is 5.20. The minimum absolute atomic E-state index is 0.0340. The molecule has 0 heterocycles. The Morgan fingerprint density at radius 2 is 1.79 bits per heavy atom. The van der Waals surface area contributed by atoms with Crippen molar-refractivity contribution in [1.29, 1.82) is 0 Å². The molecular formula is C22H28FN3O3. The van der Waals surface area contributed by atoms with Crippen LogP contribution in [0.5, 0.6) is 17.2 Å². The van der Waals surface area contributed by atoms with Crippen molar-refractivity contribution in [3.63, 3.8) is 0 Å². The van der Waals surface area contributed by atoms with E-state index < -0.39 is 0 Å². The number of aliphatic imine (C=N–C) groups is 1. The molecule has 3 N–H and O–H groups in total. The molecule has 29 heavy (non-hydrogen) atoms. The third kappa shape index (κ3) is 4.72. The Morgan fingerprint density at radius 1 is 1.14 bits per heavy atom. The third-order valence-corrected chi connectivity index (χ3v) is 5.20. The number of hydrogen-bond donors (Lipinski definition) is 3. The highest BCUT2D eigenvalue weighted by Gasteiger charge is 2.45. The maximum Gasteiger partial charge on any atom is 0.200 e. The number of ether oxygens (including phenoxy) is 2. The molecule has 0 aliphatic heterocycles. The van der Waals surface area contributed by atoms with Crippen molar-refractivity contribution >= 4 is 5.96 Å². The summed E-state index contributed by atoms with van der Waals surface area (Å²) in [4.78, 5) is 4.62. The first-order valence-corrected chi connectivity index (χ1v) is 9.74. The van der Waals surface area contributed by atoms with E-state index in [1.54, 1.807) is 18.2 Å². The molecule has 0 radical (unpaired) electrons. The average molecular weight is 401 g/mol. The number of hydrogen-bond acceptors (Lipinski definition) is 4. The van der Waals surface area contributed by atoms with Crippen LogP contribution in [0.1, 0.15) is 30.9 Å². The first-order valence-electron chi connectivity index (χ1n) is 9.74. The van der Waals surface area contributed by atoms with Crippen LogP contribution in [0.3, 0.4) is 0 Å². The number of halogens is 1. The summed E-state index contributed by atoms with van der Waals surface area (Å²) in [6.07, 6.45) is 1.90. The number of methoxy groups -OCH3 is 2. The molecule has 1 fully saturated rings. The summed E-state index contributed by atoms with van der Waals surface area (Å²) >= 11 is 0. The number of nitrogens with zero attached hydrogens (tertiary/aromatic N) is 1. The lowest BCUT2D eigenvalue weighted by atomic mass is 9.95. The molecule has 0 aromatic heterocycles. The Bertz CT molecular complexity index is 856. The summed E-state index contributed by atoms with van der Waals surface area (Å²) in [7, 11) is 2.98. The molecule has 0 bridgehead atoms. The fraction of sp³-hybridized carbons (Fsp3) is 0.409. The van der Waals surface area contributed by atoms with E-state index in [2.05, 4.69) is 15.6 Å². The summed E-state index contributed by atoms with van der Waals surface area (Å²) in [6.45, 7) is 3.69. The van der Waals surface area contributed by atoms with E-state index in [1.165, 1.54) is 20.3 Å². The van der Waals surface area contributed by atoms with Crippen LogP contribution in [0.15, 0.2) is 41.4 Å². The highest BCUT2D eigenvalue weighted by atomic mass is 19.1. The Kier molecular flexibility index (Phi) is 6.46. The van der Waals surface area contributed by atoms with Crippen LogP contribution in [0, 0.1) is 5.82 Å². The van der Waals surface area contributed by atoms with Crippen LogP contribution in [0.25, 0.3) is 0 Å². The second-order valence-corrected chi connectivity index (χ2v) is 7.16. The van der Waals surface area contributed by atoms with E-state index in [9.17, 15) is 9.50 Å². The van der Waals surface area contributed by atoms with Gasteiger partial charge in [0.1, 0.15) is 5.82 Å². The fourth-order valence-corrected chi connectivity index (χ4v) is 3.39. The van der Waals surface area contributed by atoms with Gasteiger partial charge in [0.2, 0.25) is 5.75 Å². The second kappa shape index (κ2) is 9.03. The van der Waals surface area contributed by atoms with E-state index in [-0.39, 0.29) is 17.0 Å². The van der Waals surface area contributed by atoms with Gasteiger partial charge in [0, 0.05) is 18.5 Å². The molecule has 2 aromatic carbocycles. The van der Waals surface area contributed by atoms with Gasteiger partial charge in [0.05, 0.1) is 20.8 Å². The molecule has 0 atom stereocenters. The lowest BCUT2D eigenvalue weighted by Crippen LogP contribution is -2.41. The van der Waals surface area contributed by atoms with E-state index in [4.69, 9.17) is 9.47 Å². The molecule has 1 saturated carbocycles. The summed E-state index contributed by atoms with van der Waals surface area (Å²) < 4.78 is 24.6. The number of phenols is 1. The van der Waals surface area contributed by atoms with Gasteiger partial charge in [-0.1, -0.05) is 18.2 Å². The van der Waals surface area contributed by atoms with Gasteiger partial charge < -0.3 is 25.2 Å². The largest absolute Gasteiger partial charge is 0.502 e. The zero-order chi connectivity index (χ0) is 20.9. The minimum Gasteiger partial charge on any atom is -0.502 e. The molecule has 0 spiro atoms.